The molecule has 0 unspecified atom stereocenters. The van der Waals surface area contributed by atoms with Gasteiger partial charge in [-0.25, -0.2) is 0 Å². The molecule has 0 saturated heterocycles. The van der Waals surface area contributed by atoms with Crippen LogP contribution in [0.3, 0.4) is 0 Å². The summed E-state index contributed by atoms with van der Waals surface area (Å²) < 4.78 is 0. The molecule has 3 nitrogen and oxygen atoms in total. The number of nitrogens with zero attached hydrogens (tertiary/aromatic N) is 1. The molecule has 3 heteroatoms. The van der Waals surface area contributed by atoms with Gasteiger partial charge < -0.3 is 5.32 Å². The second-order valence-corrected chi connectivity index (χ2v) is 5.25. The summed E-state index contributed by atoms with van der Waals surface area (Å²) in [4.78, 5) is 16.8. The SMILES string of the molecule is CC[C@H](NC(=O)c1cncc2ccccc12)c1ccccc1. The number of pyridine rings is 1. The molecule has 1 atom stereocenters. The quantitative estimate of drug-likeness (QED) is 0.785. The predicted molar refractivity (Wildman–Crippen MR) is 88.7 cm³/mol. The van der Waals surface area contributed by atoms with Crippen molar-refractivity contribution in [2.45, 2.75) is 19.4 Å². The Kier molecular flexibility index (Phi) is 4.15. The van der Waals surface area contributed by atoms with E-state index in [1.807, 2.05) is 54.6 Å². The summed E-state index contributed by atoms with van der Waals surface area (Å²) in [7, 11) is 0. The maximum atomic E-state index is 12.7. The molecule has 3 aromatic rings. The first-order valence-electron chi connectivity index (χ1n) is 7.48. The van der Waals surface area contributed by atoms with E-state index in [9.17, 15) is 4.79 Å². The predicted octanol–water partition coefficient (Wildman–Crippen LogP) is 4.12. The fourth-order valence-corrected chi connectivity index (χ4v) is 2.64. The maximum Gasteiger partial charge on any atom is 0.253 e. The summed E-state index contributed by atoms with van der Waals surface area (Å²) >= 11 is 0. The van der Waals surface area contributed by atoms with Gasteiger partial charge in [-0.2, -0.15) is 0 Å². The Morgan fingerprint density at radius 1 is 1.05 bits per heavy atom. The third-order valence-electron chi connectivity index (χ3n) is 3.83. The van der Waals surface area contributed by atoms with Gasteiger partial charge in [-0.1, -0.05) is 61.5 Å². The van der Waals surface area contributed by atoms with Crippen LogP contribution in [0, 0.1) is 0 Å². The van der Waals surface area contributed by atoms with Gasteiger partial charge in [-0.05, 0) is 17.4 Å². The molecule has 1 heterocycles. The van der Waals surface area contributed by atoms with Crippen LogP contribution in [-0.4, -0.2) is 10.9 Å². The Balaban J connectivity index is 1.90. The van der Waals surface area contributed by atoms with Crippen molar-refractivity contribution in [2.75, 3.05) is 0 Å². The summed E-state index contributed by atoms with van der Waals surface area (Å²) in [6.07, 6.45) is 4.25. The number of benzene rings is 2. The lowest BCUT2D eigenvalue weighted by molar-refractivity contribution is 0.0937. The van der Waals surface area contributed by atoms with Crippen LogP contribution in [0.2, 0.25) is 0 Å². The number of fused-ring (bicyclic) bond motifs is 1. The third-order valence-corrected chi connectivity index (χ3v) is 3.83. The average Bonchev–Trinajstić information content (AvgIpc) is 2.59. The molecule has 2 aromatic carbocycles. The highest BCUT2D eigenvalue weighted by Gasteiger charge is 2.16. The zero-order valence-electron chi connectivity index (χ0n) is 12.5. The van der Waals surface area contributed by atoms with E-state index >= 15 is 0 Å². The minimum Gasteiger partial charge on any atom is -0.345 e. The summed E-state index contributed by atoms with van der Waals surface area (Å²) in [5.74, 6) is -0.0833. The van der Waals surface area contributed by atoms with Crippen LogP contribution >= 0.6 is 0 Å². The number of hydrogen-bond acceptors (Lipinski definition) is 2. The Bertz CT molecular complexity index is 778. The molecule has 0 radical (unpaired) electrons. The van der Waals surface area contributed by atoms with E-state index in [1.165, 1.54) is 0 Å². The number of aromatic nitrogens is 1. The highest BCUT2D eigenvalue weighted by molar-refractivity contribution is 6.06. The first-order chi connectivity index (χ1) is 10.8. The Labute approximate surface area is 130 Å². The topological polar surface area (TPSA) is 42.0 Å². The molecule has 0 aliphatic rings. The molecule has 0 bridgehead atoms. The molecule has 1 aromatic heterocycles. The first kappa shape index (κ1) is 14.3. The molecule has 3 rings (SSSR count). The van der Waals surface area contributed by atoms with Crippen LogP contribution in [0.15, 0.2) is 67.0 Å². The zero-order chi connectivity index (χ0) is 15.4. The molecule has 110 valence electrons. The summed E-state index contributed by atoms with van der Waals surface area (Å²) in [5, 5.41) is 5.02. The number of rotatable bonds is 4. The van der Waals surface area contributed by atoms with Gasteiger partial charge in [0, 0.05) is 17.8 Å². The zero-order valence-corrected chi connectivity index (χ0v) is 12.5. The molecule has 0 saturated carbocycles. The smallest absolute Gasteiger partial charge is 0.253 e. The van der Waals surface area contributed by atoms with Crippen LogP contribution in [0.4, 0.5) is 0 Å². The highest BCUT2D eigenvalue weighted by atomic mass is 16.1. The fraction of sp³-hybridized carbons (Fsp3) is 0.158. The number of amides is 1. The van der Waals surface area contributed by atoms with Gasteiger partial charge in [-0.3, -0.25) is 9.78 Å². The van der Waals surface area contributed by atoms with Gasteiger partial charge in [0.15, 0.2) is 0 Å². The average molecular weight is 290 g/mol. The number of carbonyl (C=O) groups excluding carboxylic acids is 1. The van der Waals surface area contributed by atoms with Gasteiger partial charge in [0.05, 0.1) is 11.6 Å². The third kappa shape index (κ3) is 2.84. The van der Waals surface area contributed by atoms with E-state index in [0.29, 0.717) is 5.56 Å². The second-order valence-electron chi connectivity index (χ2n) is 5.25. The molecule has 0 fully saturated rings. The molecule has 1 N–H and O–H groups in total. The van der Waals surface area contributed by atoms with E-state index < -0.39 is 0 Å². The molecule has 0 aliphatic carbocycles. The monoisotopic (exact) mass is 290 g/mol. The standard InChI is InChI=1S/C19H18N2O/c1-2-18(14-8-4-3-5-9-14)21-19(22)17-13-20-12-15-10-6-7-11-16(15)17/h3-13,18H,2H2,1H3,(H,21,22)/t18-/m0/s1. The normalized spacial score (nSPS) is 12.0. The Morgan fingerprint density at radius 2 is 1.77 bits per heavy atom. The van der Waals surface area contributed by atoms with E-state index in [0.717, 1.165) is 22.8 Å². The molecule has 1 amide bonds. The molecule has 0 spiro atoms. The van der Waals surface area contributed by atoms with E-state index in [4.69, 9.17) is 0 Å². The lowest BCUT2D eigenvalue weighted by Crippen LogP contribution is -2.28. The highest BCUT2D eigenvalue weighted by Crippen LogP contribution is 2.20. The molecular formula is C19H18N2O. The molecule has 0 aliphatic heterocycles. The van der Waals surface area contributed by atoms with Gasteiger partial charge in [-0.15, -0.1) is 0 Å². The number of nitrogens with one attached hydrogen (secondary N) is 1. The Hall–Kier alpha value is -2.68. The lowest BCUT2D eigenvalue weighted by Gasteiger charge is -2.18. The van der Waals surface area contributed by atoms with Crippen LogP contribution in [0.5, 0.6) is 0 Å². The van der Waals surface area contributed by atoms with Crippen molar-refractivity contribution in [2.24, 2.45) is 0 Å². The summed E-state index contributed by atoms with van der Waals surface area (Å²) in [5.41, 5.74) is 1.74. The Morgan fingerprint density at radius 3 is 2.55 bits per heavy atom. The van der Waals surface area contributed by atoms with Crippen molar-refractivity contribution < 1.29 is 4.79 Å². The van der Waals surface area contributed by atoms with Crippen molar-refractivity contribution >= 4 is 16.7 Å². The number of hydrogen-bond donors (Lipinski definition) is 1. The van der Waals surface area contributed by atoms with Gasteiger partial charge >= 0.3 is 0 Å². The van der Waals surface area contributed by atoms with E-state index in [2.05, 4.69) is 17.2 Å². The van der Waals surface area contributed by atoms with Crippen molar-refractivity contribution in [3.63, 3.8) is 0 Å². The van der Waals surface area contributed by atoms with Crippen molar-refractivity contribution in [3.05, 3.63) is 78.1 Å². The minimum atomic E-state index is -0.0833. The maximum absolute atomic E-state index is 12.7. The van der Waals surface area contributed by atoms with Gasteiger partial charge in [0.1, 0.15) is 0 Å². The first-order valence-corrected chi connectivity index (χ1v) is 7.48. The largest absolute Gasteiger partial charge is 0.345 e. The van der Waals surface area contributed by atoms with Gasteiger partial charge in [0.25, 0.3) is 5.91 Å². The number of carbonyl (C=O) groups is 1. The van der Waals surface area contributed by atoms with Gasteiger partial charge in [0.2, 0.25) is 0 Å². The molecule has 22 heavy (non-hydrogen) atoms. The lowest BCUT2D eigenvalue weighted by atomic mass is 10.0. The van der Waals surface area contributed by atoms with Crippen molar-refractivity contribution in [1.82, 2.24) is 10.3 Å². The minimum absolute atomic E-state index is 0.00710. The summed E-state index contributed by atoms with van der Waals surface area (Å²) in [6, 6.07) is 17.8. The van der Waals surface area contributed by atoms with Crippen molar-refractivity contribution in [1.29, 1.82) is 0 Å². The fourth-order valence-electron chi connectivity index (χ4n) is 2.64. The van der Waals surface area contributed by atoms with Crippen LogP contribution in [0.1, 0.15) is 35.3 Å². The van der Waals surface area contributed by atoms with Crippen LogP contribution in [-0.2, 0) is 0 Å². The van der Waals surface area contributed by atoms with Crippen LogP contribution < -0.4 is 5.32 Å². The van der Waals surface area contributed by atoms with Crippen LogP contribution in [0.25, 0.3) is 10.8 Å². The summed E-state index contributed by atoms with van der Waals surface area (Å²) in [6.45, 7) is 2.07. The van der Waals surface area contributed by atoms with Crippen molar-refractivity contribution in [3.8, 4) is 0 Å². The second kappa shape index (κ2) is 6.39. The van der Waals surface area contributed by atoms with E-state index in [1.54, 1.807) is 12.4 Å². The molecular weight excluding hydrogens is 272 g/mol. The van der Waals surface area contributed by atoms with E-state index in [-0.39, 0.29) is 11.9 Å².